The van der Waals surface area contributed by atoms with Crippen molar-refractivity contribution in [3.05, 3.63) is 0 Å². The van der Waals surface area contributed by atoms with Crippen LogP contribution in [0.2, 0.25) is 0 Å². The van der Waals surface area contributed by atoms with E-state index in [1.54, 1.807) is 23.7 Å². The van der Waals surface area contributed by atoms with Crippen LogP contribution in [0.25, 0.3) is 0 Å². The highest BCUT2D eigenvalue weighted by molar-refractivity contribution is 8.00. The number of thioether (sulfide) groups is 1. The minimum Gasteiger partial charge on any atom is -0.480 e. The van der Waals surface area contributed by atoms with Gasteiger partial charge in [-0.05, 0) is 26.3 Å². The molecule has 3 atom stereocenters. The number of carbonyl (C=O) groups excluding carboxylic acids is 1. The molecule has 90 valence electrons. The SMILES string of the molecule is CN[C@H]1CCC[C@H]2SC[C@@H](C(=O)O)N2C1=O. The van der Waals surface area contributed by atoms with Gasteiger partial charge in [-0.25, -0.2) is 4.79 Å². The van der Waals surface area contributed by atoms with Gasteiger partial charge in [0.2, 0.25) is 5.91 Å². The third-order valence-corrected chi connectivity index (χ3v) is 4.58. The molecule has 2 fully saturated rings. The number of nitrogens with zero attached hydrogens (tertiary/aromatic N) is 1. The van der Waals surface area contributed by atoms with Crippen molar-refractivity contribution in [2.45, 2.75) is 36.7 Å². The van der Waals surface area contributed by atoms with Crippen molar-refractivity contribution in [3.63, 3.8) is 0 Å². The molecule has 1 amide bonds. The van der Waals surface area contributed by atoms with Crippen molar-refractivity contribution in [3.8, 4) is 0 Å². The number of hydrogen-bond acceptors (Lipinski definition) is 4. The molecule has 2 N–H and O–H groups in total. The van der Waals surface area contributed by atoms with Crippen molar-refractivity contribution in [2.24, 2.45) is 0 Å². The second-order valence-electron chi connectivity index (χ2n) is 4.16. The first kappa shape index (κ1) is 11.7. The number of rotatable bonds is 2. The van der Waals surface area contributed by atoms with Crippen LogP contribution in [0, 0.1) is 0 Å². The minimum absolute atomic E-state index is 0.0533. The first-order valence-corrected chi connectivity index (χ1v) is 6.54. The molecular formula is C10H16N2O3S. The van der Waals surface area contributed by atoms with E-state index in [1.807, 2.05) is 0 Å². The zero-order valence-corrected chi connectivity index (χ0v) is 10.00. The van der Waals surface area contributed by atoms with Crippen LogP contribution in [0.4, 0.5) is 0 Å². The topological polar surface area (TPSA) is 69.6 Å². The summed E-state index contributed by atoms with van der Waals surface area (Å²) in [5.74, 6) is -0.426. The number of carbonyl (C=O) groups is 2. The fraction of sp³-hybridized carbons (Fsp3) is 0.800. The Balaban J connectivity index is 2.22. The van der Waals surface area contributed by atoms with E-state index in [4.69, 9.17) is 5.11 Å². The van der Waals surface area contributed by atoms with E-state index in [0.717, 1.165) is 19.3 Å². The Hall–Kier alpha value is -0.750. The number of fused-ring (bicyclic) bond motifs is 1. The van der Waals surface area contributed by atoms with Crippen molar-refractivity contribution in [1.29, 1.82) is 0 Å². The Morgan fingerprint density at radius 1 is 1.56 bits per heavy atom. The third kappa shape index (κ3) is 1.91. The van der Waals surface area contributed by atoms with Gasteiger partial charge in [-0.2, -0.15) is 0 Å². The molecule has 2 saturated heterocycles. The van der Waals surface area contributed by atoms with Crippen LogP contribution in [-0.4, -0.2) is 52.1 Å². The standard InChI is InChI=1S/C10H16N2O3S/c1-11-6-3-2-4-8-12(9(6)13)7(5-16-8)10(14)15/h6-8,11H,2-5H2,1H3,(H,14,15)/t6-,7-,8+/m0/s1. The number of amides is 1. The van der Waals surface area contributed by atoms with E-state index in [1.165, 1.54) is 0 Å². The van der Waals surface area contributed by atoms with Gasteiger partial charge in [-0.1, -0.05) is 0 Å². The first-order valence-electron chi connectivity index (χ1n) is 5.49. The number of carboxylic acid groups (broad SMARTS) is 1. The quantitative estimate of drug-likeness (QED) is 0.721. The number of carboxylic acids is 1. The molecule has 2 heterocycles. The summed E-state index contributed by atoms with van der Waals surface area (Å²) >= 11 is 1.59. The molecule has 2 aliphatic rings. The molecule has 0 radical (unpaired) electrons. The van der Waals surface area contributed by atoms with Gasteiger partial charge in [-0.3, -0.25) is 4.79 Å². The van der Waals surface area contributed by atoms with Crippen molar-refractivity contribution >= 4 is 23.6 Å². The summed E-state index contributed by atoms with van der Waals surface area (Å²) in [5, 5.41) is 12.1. The smallest absolute Gasteiger partial charge is 0.327 e. The van der Waals surface area contributed by atoms with Gasteiger partial charge in [0.25, 0.3) is 0 Å². The molecule has 0 aliphatic carbocycles. The molecule has 0 unspecified atom stereocenters. The maximum absolute atomic E-state index is 12.2. The minimum atomic E-state index is -0.889. The fourth-order valence-electron chi connectivity index (χ4n) is 2.34. The summed E-state index contributed by atoms with van der Waals surface area (Å²) in [7, 11) is 1.75. The number of likely N-dealkylation sites (N-methyl/N-ethyl adjacent to an activating group) is 1. The summed E-state index contributed by atoms with van der Waals surface area (Å²) in [6, 6.07) is -0.859. The Bertz CT molecular complexity index is 310. The maximum Gasteiger partial charge on any atom is 0.327 e. The molecular weight excluding hydrogens is 228 g/mol. The lowest BCUT2D eigenvalue weighted by Gasteiger charge is -2.27. The van der Waals surface area contributed by atoms with E-state index in [-0.39, 0.29) is 17.3 Å². The summed E-state index contributed by atoms with van der Waals surface area (Å²) in [4.78, 5) is 24.8. The van der Waals surface area contributed by atoms with E-state index in [9.17, 15) is 9.59 Å². The van der Waals surface area contributed by atoms with Crippen LogP contribution in [0.5, 0.6) is 0 Å². The zero-order chi connectivity index (χ0) is 11.7. The lowest BCUT2D eigenvalue weighted by Crippen LogP contribution is -2.51. The van der Waals surface area contributed by atoms with Gasteiger partial charge in [0.05, 0.1) is 11.4 Å². The van der Waals surface area contributed by atoms with Crippen LogP contribution >= 0.6 is 11.8 Å². The number of aliphatic carboxylic acids is 1. The summed E-state index contributed by atoms with van der Waals surface area (Å²) < 4.78 is 0. The highest BCUT2D eigenvalue weighted by Crippen LogP contribution is 2.35. The lowest BCUT2D eigenvalue weighted by atomic mass is 10.1. The van der Waals surface area contributed by atoms with Gasteiger partial charge < -0.3 is 15.3 Å². The molecule has 0 saturated carbocycles. The second-order valence-corrected chi connectivity index (χ2v) is 5.37. The molecule has 6 heteroatoms. The largest absolute Gasteiger partial charge is 0.480 e. The van der Waals surface area contributed by atoms with E-state index >= 15 is 0 Å². The van der Waals surface area contributed by atoms with Crippen molar-refractivity contribution < 1.29 is 14.7 Å². The fourth-order valence-corrected chi connectivity index (χ4v) is 3.79. The number of nitrogens with one attached hydrogen (secondary N) is 1. The summed E-state index contributed by atoms with van der Waals surface area (Å²) in [6.45, 7) is 0. The molecule has 0 aromatic carbocycles. The van der Waals surface area contributed by atoms with E-state index in [0.29, 0.717) is 5.75 Å². The predicted octanol–water partition coefficient (Wildman–Crippen LogP) is 0.113. The van der Waals surface area contributed by atoms with Gasteiger partial charge in [-0.15, -0.1) is 11.8 Å². The first-order chi connectivity index (χ1) is 7.65. The van der Waals surface area contributed by atoms with Crippen LogP contribution < -0.4 is 5.32 Å². The van der Waals surface area contributed by atoms with Crippen molar-refractivity contribution in [2.75, 3.05) is 12.8 Å². The van der Waals surface area contributed by atoms with Gasteiger partial charge in [0.15, 0.2) is 0 Å². The highest BCUT2D eigenvalue weighted by Gasteiger charge is 2.44. The van der Waals surface area contributed by atoms with Crippen LogP contribution in [0.1, 0.15) is 19.3 Å². The normalized spacial score (nSPS) is 34.7. The molecule has 0 aromatic rings. The molecule has 0 bridgehead atoms. The maximum atomic E-state index is 12.2. The van der Waals surface area contributed by atoms with E-state index in [2.05, 4.69) is 5.32 Å². The third-order valence-electron chi connectivity index (χ3n) is 3.22. The lowest BCUT2D eigenvalue weighted by molar-refractivity contribution is -0.149. The average molecular weight is 244 g/mol. The van der Waals surface area contributed by atoms with Crippen LogP contribution in [0.15, 0.2) is 0 Å². The van der Waals surface area contributed by atoms with Gasteiger partial charge >= 0.3 is 5.97 Å². The molecule has 16 heavy (non-hydrogen) atoms. The molecule has 0 spiro atoms. The Morgan fingerprint density at radius 2 is 2.31 bits per heavy atom. The van der Waals surface area contributed by atoms with Crippen molar-refractivity contribution in [1.82, 2.24) is 10.2 Å². The van der Waals surface area contributed by atoms with Gasteiger partial charge in [0.1, 0.15) is 6.04 Å². The van der Waals surface area contributed by atoms with Crippen LogP contribution in [-0.2, 0) is 9.59 Å². The second kappa shape index (κ2) is 4.63. The summed E-state index contributed by atoms with van der Waals surface area (Å²) in [6.07, 6.45) is 2.67. The zero-order valence-electron chi connectivity index (χ0n) is 9.18. The highest BCUT2D eigenvalue weighted by atomic mass is 32.2. The Kier molecular flexibility index (Phi) is 3.39. The summed E-state index contributed by atoms with van der Waals surface area (Å²) in [5.41, 5.74) is 0. The monoisotopic (exact) mass is 244 g/mol. The van der Waals surface area contributed by atoms with Crippen LogP contribution in [0.3, 0.4) is 0 Å². The average Bonchev–Trinajstić information content (AvgIpc) is 2.61. The molecule has 5 nitrogen and oxygen atoms in total. The Labute approximate surface area is 98.6 Å². The Morgan fingerprint density at radius 3 is 2.94 bits per heavy atom. The van der Waals surface area contributed by atoms with Gasteiger partial charge in [0, 0.05) is 5.75 Å². The van der Waals surface area contributed by atoms with E-state index < -0.39 is 12.0 Å². The molecule has 0 aromatic heterocycles. The molecule has 2 aliphatic heterocycles. The number of hydrogen-bond donors (Lipinski definition) is 2. The molecule has 2 rings (SSSR count). The predicted molar refractivity (Wildman–Crippen MR) is 61.2 cm³/mol.